The number of rotatable bonds is 3. The molecule has 1 aliphatic rings. The maximum Gasteiger partial charge on any atom is 0.225 e. The molecular weight excluding hydrogens is 277 g/mol. The highest BCUT2D eigenvalue weighted by Gasteiger charge is 2.35. The third-order valence-electron chi connectivity index (χ3n) is 2.79. The number of amides is 1. The molecule has 0 unspecified atom stereocenters. The van der Waals surface area contributed by atoms with Gasteiger partial charge in [-0.15, -0.1) is 0 Å². The lowest BCUT2D eigenvalue weighted by molar-refractivity contribution is -0.134. The predicted octanol–water partition coefficient (Wildman–Crippen LogP) is 3.06. The third kappa shape index (κ3) is 2.88. The van der Waals surface area contributed by atoms with E-state index in [4.69, 9.17) is 27.9 Å². The SMILES string of the molecule is CC1(CC(=O)Nc2cc(Cl)cc(Cl)c2O)COC1. The molecule has 0 radical (unpaired) electrons. The van der Waals surface area contributed by atoms with Crippen LogP contribution in [0.15, 0.2) is 12.1 Å². The largest absolute Gasteiger partial charge is 0.504 e. The molecular formula is C12H13Cl2NO3. The molecule has 1 aromatic rings. The molecule has 0 bridgehead atoms. The van der Waals surface area contributed by atoms with Crippen molar-refractivity contribution in [3.8, 4) is 5.75 Å². The molecule has 1 aliphatic heterocycles. The fourth-order valence-corrected chi connectivity index (χ4v) is 2.29. The summed E-state index contributed by atoms with van der Waals surface area (Å²) in [4.78, 5) is 11.8. The van der Waals surface area contributed by atoms with Crippen molar-refractivity contribution in [1.29, 1.82) is 0 Å². The summed E-state index contributed by atoms with van der Waals surface area (Å²) in [5.74, 6) is -0.376. The monoisotopic (exact) mass is 289 g/mol. The van der Waals surface area contributed by atoms with E-state index in [-0.39, 0.29) is 27.8 Å². The maximum atomic E-state index is 11.8. The number of phenols is 1. The summed E-state index contributed by atoms with van der Waals surface area (Å²) in [7, 11) is 0. The van der Waals surface area contributed by atoms with Gasteiger partial charge in [0.25, 0.3) is 0 Å². The van der Waals surface area contributed by atoms with Gasteiger partial charge in [0, 0.05) is 16.9 Å². The Morgan fingerprint density at radius 1 is 1.50 bits per heavy atom. The number of benzene rings is 1. The molecule has 0 atom stereocenters. The summed E-state index contributed by atoms with van der Waals surface area (Å²) < 4.78 is 5.08. The molecule has 2 N–H and O–H groups in total. The van der Waals surface area contributed by atoms with Crippen molar-refractivity contribution in [3.05, 3.63) is 22.2 Å². The summed E-state index contributed by atoms with van der Waals surface area (Å²) in [6, 6.07) is 2.87. The van der Waals surface area contributed by atoms with E-state index in [0.29, 0.717) is 24.7 Å². The van der Waals surface area contributed by atoms with Crippen LogP contribution in [-0.4, -0.2) is 24.2 Å². The van der Waals surface area contributed by atoms with Gasteiger partial charge in [-0.25, -0.2) is 0 Å². The van der Waals surface area contributed by atoms with E-state index in [1.54, 1.807) is 0 Å². The second-order valence-corrected chi connectivity index (χ2v) is 5.66. The predicted molar refractivity (Wildman–Crippen MR) is 70.3 cm³/mol. The molecule has 6 heteroatoms. The van der Waals surface area contributed by atoms with Crippen LogP contribution in [0.2, 0.25) is 10.0 Å². The van der Waals surface area contributed by atoms with Crippen molar-refractivity contribution in [2.45, 2.75) is 13.3 Å². The van der Waals surface area contributed by atoms with Gasteiger partial charge in [0.05, 0.1) is 23.9 Å². The number of halogens is 2. The number of carbonyl (C=O) groups is 1. The first-order chi connectivity index (χ1) is 8.39. The standard InChI is InChI=1S/C12H13Cl2NO3/c1-12(5-18-6-12)4-10(16)15-9-3-7(13)2-8(14)11(9)17/h2-3,17H,4-6H2,1H3,(H,15,16). The van der Waals surface area contributed by atoms with E-state index in [9.17, 15) is 9.90 Å². The molecule has 18 heavy (non-hydrogen) atoms. The van der Waals surface area contributed by atoms with E-state index >= 15 is 0 Å². The molecule has 1 fully saturated rings. The lowest BCUT2D eigenvalue weighted by Crippen LogP contribution is -2.42. The smallest absolute Gasteiger partial charge is 0.225 e. The van der Waals surface area contributed by atoms with Crippen LogP contribution < -0.4 is 5.32 Å². The molecule has 0 saturated carbocycles. The lowest BCUT2D eigenvalue weighted by Gasteiger charge is -2.37. The quantitative estimate of drug-likeness (QED) is 0.841. The van der Waals surface area contributed by atoms with Crippen LogP contribution >= 0.6 is 23.2 Å². The molecule has 98 valence electrons. The van der Waals surface area contributed by atoms with Gasteiger partial charge in [-0.05, 0) is 12.1 Å². The highest BCUT2D eigenvalue weighted by Crippen LogP contribution is 2.36. The Bertz CT molecular complexity index is 486. The van der Waals surface area contributed by atoms with Crippen LogP contribution in [-0.2, 0) is 9.53 Å². The van der Waals surface area contributed by atoms with Crippen LogP contribution in [0.5, 0.6) is 5.75 Å². The van der Waals surface area contributed by atoms with E-state index in [1.807, 2.05) is 6.92 Å². The average molecular weight is 290 g/mol. The summed E-state index contributed by atoms with van der Waals surface area (Å²) in [6.07, 6.45) is 0.330. The van der Waals surface area contributed by atoms with Crippen molar-refractivity contribution in [1.82, 2.24) is 0 Å². The number of nitrogens with one attached hydrogen (secondary N) is 1. The van der Waals surface area contributed by atoms with Gasteiger partial charge in [0.1, 0.15) is 0 Å². The molecule has 1 heterocycles. The van der Waals surface area contributed by atoms with Crippen molar-refractivity contribution < 1.29 is 14.6 Å². The van der Waals surface area contributed by atoms with Crippen molar-refractivity contribution >= 4 is 34.8 Å². The first kappa shape index (κ1) is 13.5. The van der Waals surface area contributed by atoms with E-state index in [0.717, 1.165) is 0 Å². The summed E-state index contributed by atoms with van der Waals surface area (Å²) in [6.45, 7) is 3.12. The number of hydrogen-bond acceptors (Lipinski definition) is 3. The van der Waals surface area contributed by atoms with Crippen LogP contribution in [0.1, 0.15) is 13.3 Å². The molecule has 1 aromatic carbocycles. The Morgan fingerprint density at radius 3 is 2.72 bits per heavy atom. The summed E-state index contributed by atoms with van der Waals surface area (Å²) in [5.41, 5.74) is 0.101. The number of ether oxygens (including phenoxy) is 1. The van der Waals surface area contributed by atoms with Gasteiger partial charge < -0.3 is 15.2 Å². The Hall–Kier alpha value is -0.970. The molecule has 0 spiro atoms. The maximum absolute atomic E-state index is 11.8. The molecule has 2 rings (SSSR count). The van der Waals surface area contributed by atoms with Crippen molar-refractivity contribution in [3.63, 3.8) is 0 Å². The summed E-state index contributed by atoms with van der Waals surface area (Å²) >= 11 is 11.6. The Morgan fingerprint density at radius 2 is 2.17 bits per heavy atom. The second-order valence-electron chi connectivity index (χ2n) is 4.81. The van der Waals surface area contributed by atoms with Gasteiger partial charge in [-0.1, -0.05) is 30.1 Å². The fraction of sp³-hybridized carbons (Fsp3) is 0.417. The van der Waals surface area contributed by atoms with Crippen LogP contribution in [0, 0.1) is 5.41 Å². The molecule has 4 nitrogen and oxygen atoms in total. The van der Waals surface area contributed by atoms with Crippen LogP contribution in [0.4, 0.5) is 5.69 Å². The van der Waals surface area contributed by atoms with E-state index in [1.165, 1.54) is 12.1 Å². The van der Waals surface area contributed by atoms with E-state index in [2.05, 4.69) is 5.32 Å². The Balaban J connectivity index is 2.07. The van der Waals surface area contributed by atoms with Crippen molar-refractivity contribution in [2.75, 3.05) is 18.5 Å². The number of carbonyl (C=O) groups excluding carboxylic acids is 1. The second kappa shape index (κ2) is 4.96. The number of anilines is 1. The zero-order valence-corrected chi connectivity index (χ0v) is 11.3. The van der Waals surface area contributed by atoms with Gasteiger partial charge in [0.2, 0.25) is 5.91 Å². The number of aromatic hydroxyl groups is 1. The van der Waals surface area contributed by atoms with E-state index < -0.39 is 0 Å². The molecule has 0 aromatic heterocycles. The van der Waals surface area contributed by atoms with Gasteiger partial charge >= 0.3 is 0 Å². The fourth-order valence-electron chi connectivity index (χ4n) is 1.80. The normalized spacial score (nSPS) is 17.1. The third-order valence-corrected chi connectivity index (χ3v) is 3.30. The number of phenolic OH excluding ortho intramolecular Hbond substituents is 1. The highest BCUT2D eigenvalue weighted by molar-refractivity contribution is 6.36. The zero-order chi connectivity index (χ0) is 13.3. The topological polar surface area (TPSA) is 58.6 Å². The molecule has 1 amide bonds. The lowest BCUT2D eigenvalue weighted by atomic mass is 9.84. The first-order valence-electron chi connectivity index (χ1n) is 5.45. The molecule has 1 saturated heterocycles. The minimum absolute atomic E-state index is 0.107. The molecule has 0 aliphatic carbocycles. The Kier molecular flexibility index (Phi) is 3.71. The van der Waals surface area contributed by atoms with Gasteiger partial charge in [0.15, 0.2) is 5.75 Å². The van der Waals surface area contributed by atoms with Gasteiger partial charge in [-0.3, -0.25) is 4.79 Å². The average Bonchev–Trinajstić information content (AvgIpc) is 2.23. The highest BCUT2D eigenvalue weighted by atomic mass is 35.5. The van der Waals surface area contributed by atoms with Crippen molar-refractivity contribution in [2.24, 2.45) is 5.41 Å². The van der Waals surface area contributed by atoms with Gasteiger partial charge in [-0.2, -0.15) is 0 Å². The minimum Gasteiger partial charge on any atom is -0.504 e. The summed E-state index contributed by atoms with van der Waals surface area (Å²) in [5, 5.41) is 12.8. The van der Waals surface area contributed by atoms with Crippen LogP contribution in [0.25, 0.3) is 0 Å². The first-order valence-corrected chi connectivity index (χ1v) is 6.21. The number of hydrogen-bond donors (Lipinski definition) is 2. The minimum atomic E-state index is -0.200. The van der Waals surface area contributed by atoms with Crippen LogP contribution in [0.3, 0.4) is 0 Å². The zero-order valence-electron chi connectivity index (χ0n) is 9.80. The Labute approximate surface area is 115 Å².